The predicted molar refractivity (Wildman–Crippen MR) is 300 cm³/mol. The van der Waals surface area contributed by atoms with Crippen LogP contribution in [0.15, 0.2) is 231 Å². The summed E-state index contributed by atoms with van der Waals surface area (Å²) in [5.41, 5.74) is 10.3. The zero-order valence-corrected chi connectivity index (χ0v) is 44.4. The molecule has 8 aromatic rings. The molecule has 0 N–H and O–H groups in total. The zero-order chi connectivity index (χ0) is 53.4. The van der Waals surface area contributed by atoms with Crippen LogP contribution < -0.4 is 0 Å². The van der Waals surface area contributed by atoms with Crippen molar-refractivity contribution in [2.45, 2.75) is 107 Å². The Bertz CT molecular complexity index is 3000. The van der Waals surface area contributed by atoms with Crippen LogP contribution in [-0.4, -0.2) is 81.7 Å². The number of benzene rings is 8. The summed E-state index contributed by atoms with van der Waals surface area (Å²) in [6, 6.07) is 77.4. The average Bonchev–Trinajstić information content (AvgIpc) is 4.07. The molecule has 1 aliphatic carbocycles. The van der Waals surface area contributed by atoms with Crippen molar-refractivity contribution in [2.24, 2.45) is 0 Å². The highest BCUT2D eigenvalue weighted by molar-refractivity contribution is 5.78. The van der Waals surface area contributed by atoms with Gasteiger partial charge in [-0.05, 0) is 55.6 Å². The van der Waals surface area contributed by atoms with E-state index in [9.17, 15) is 0 Å². The van der Waals surface area contributed by atoms with Gasteiger partial charge in [-0.25, -0.2) is 0 Å². The number of hydrogen-bond donors (Lipinski definition) is 0. The highest BCUT2D eigenvalue weighted by Gasteiger charge is 2.53. The summed E-state index contributed by atoms with van der Waals surface area (Å²) in [6.45, 7) is 1.88. The van der Waals surface area contributed by atoms with Gasteiger partial charge in [-0.1, -0.05) is 231 Å². The second-order valence-corrected chi connectivity index (χ2v) is 20.1. The first-order valence-electron chi connectivity index (χ1n) is 27.3. The fourth-order valence-electron chi connectivity index (χ4n) is 10.8. The number of ether oxygens (including phenoxy) is 11. The van der Waals surface area contributed by atoms with Crippen molar-refractivity contribution >= 4 is 0 Å². The van der Waals surface area contributed by atoms with Crippen molar-refractivity contribution in [1.82, 2.24) is 0 Å². The zero-order valence-electron chi connectivity index (χ0n) is 44.4. The molecule has 11 rings (SSSR count). The third kappa shape index (κ3) is 13.8. The van der Waals surface area contributed by atoms with Crippen LogP contribution >= 0.6 is 0 Å². The highest BCUT2D eigenvalue weighted by Crippen LogP contribution is 2.47. The van der Waals surface area contributed by atoms with Crippen molar-refractivity contribution in [3.05, 3.63) is 275 Å². The van der Waals surface area contributed by atoms with Gasteiger partial charge in [0.25, 0.3) is 0 Å². The second-order valence-electron chi connectivity index (χ2n) is 20.1. The van der Waals surface area contributed by atoms with Gasteiger partial charge in [-0.3, -0.25) is 0 Å². The summed E-state index contributed by atoms with van der Waals surface area (Å²) in [5.74, 6) is 0. The van der Waals surface area contributed by atoms with E-state index in [0.717, 1.165) is 55.6 Å². The Morgan fingerprint density at radius 2 is 0.633 bits per heavy atom. The minimum Gasteiger partial charge on any atom is -0.374 e. The van der Waals surface area contributed by atoms with Crippen LogP contribution in [0.25, 0.3) is 11.1 Å². The number of fused-ring (bicyclic) bond motifs is 3. The van der Waals surface area contributed by atoms with E-state index in [2.05, 4.69) is 72.8 Å². The lowest BCUT2D eigenvalue weighted by Gasteiger charge is -2.48. The van der Waals surface area contributed by atoms with E-state index in [4.69, 9.17) is 52.1 Å². The molecule has 8 aromatic carbocycles. The molecule has 0 unspecified atom stereocenters. The van der Waals surface area contributed by atoms with Crippen LogP contribution in [-0.2, 0) is 91.7 Å². The first-order chi connectivity index (χ1) is 39.1. The van der Waals surface area contributed by atoms with Gasteiger partial charge in [-0.15, -0.1) is 0 Å². The summed E-state index contributed by atoms with van der Waals surface area (Å²) in [7, 11) is 1.62. The van der Waals surface area contributed by atoms with Crippen LogP contribution in [0, 0.1) is 0 Å². The van der Waals surface area contributed by atoms with Gasteiger partial charge in [0.1, 0.15) is 54.9 Å². The van der Waals surface area contributed by atoms with Crippen LogP contribution in [0.3, 0.4) is 0 Å². The SMILES string of the molecule is CO[C@H]1O[C@H](CO[C@H]2O[C@H](COCc3ccccc3)[C@@H](OCc3ccccc3)[C@H](OCc3ccccc3)[C@H]2OC2c3ccccc3-c3ccccc32)[C@@H](OCc2ccccc2)[C@H](OCc2ccccc2)[C@H]1OCc1ccccc1. The molecular formula is C68H68O11. The number of rotatable bonds is 25. The second kappa shape index (κ2) is 27.5. The smallest absolute Gasteiger partial charge is 0.187 e. The minimum absolute atomic E-state index is 0.0309. The Morgan fingerprint density at radius 1 is 0.304 bits per heavy atom. The third-order valence-corrected chi connectivity index (χ3v) is 14.7. The minimum atomic E-state index is -1.06. The quantitative estimate of drug-likeness (QED) is 0.0547. The maximum atomic E-state index is 7.60. The van der Waals surface area contributed by atoms with Gasteiger partial charge in [-0.2, -0.15) is 0 Å². The summed E-state index contributed by atoms with van der Waals surface area (Å²) in [4.78, 5) is 0. The maximum absolute atomic E-state index is 7.60. The van der Waals surface area contributed by atoms with E-state index in [1.165, 1.54) is 0 Å². The number of methoxy groups -OCH3 is 1. The molecule has 2 heterocycles. The normalized spacial score (nSPS) is 23.7. The fourth-order valence-corrected chi connectivity index (χ4v) is 10.8. The molecular weight excluding hydrogens is 993 g/mol. The Hall–Kier alpha value is -6.68. The molecule has 0 radical (unpaired) electrons. The topological polar surface area (TPSA) is 102 Å². The van der Waals surface area contributed by atoms with Gasteiger partial charge in [0.2, 0.25) is 0 Å². The summed E-state index contributed by atoms with van der Waals surface area (Å²) < 4.78 is 77.0. The molecule has 2 fully saturated rings. The van der Waals surface area contributed by atoms with Crippen molar-refractivity contribution in [3.8, 4) is 11.1 Å². The van der Waals surface area contributed by atoms with Gasteiger partial charge in [0.05, 0.1) is 52.9 Å². The van der Waals surface area contributed by atoms with E-state index in [0.29, 0.717) is 13.2 Å². The van der Waals surface area contributed by atoms with Crippen LogP contribution in [0.5, 0.6) is 0 Å². The molecule has 2 aliphatic heterocycles. The third-order valence-electron chi connectivity index (χ3n) is 14.7. The van der Waals surface area contributed by atoms with Crippen molar-refractivity contribution in [3.63, 3.8) is 0 Å². The average molecular weight is 1060 g/mol. The lowest BCUT2D eigenvalue weighted by atomic mass is 9.96. The van der Waals surface area contributed by atoms with Crippen molar-refractivity contribution < 1.29 is 52.1 Å². The molecule has 10 atom stereocenters. The summed E-state index contributed by atoms with van der Waals surface area (Å²) in [5, 5.41) is 0. The van der Waals surface area contributed by atoms with Crippen LogP contribution in [0.4, 0.5) is 0 Å². The van der Waals surface area contributed by atoms with E-state index in [-0.39, 0.29) is 39.6 Å². The highest BCUT2D eigenvalue weighted by atomic mass is 16.8. The molecule has 406 valence electrons. The van der Waals surface area contributed by atoms with E-state index in [1.54, 1.807) is 7.11 Å². The summed E-state index contributed by atoms with van der Waals surface area (Å²) >= 11 is 0. The van der Waals surface area contributed by atoms with Gasteiger partial charge in [0.15, 0.2) is 12.6 Å². The fraction of sp³-hybridized carbons (Fsp3) is 0.294. The standard InChI is InChI=1S/C68H68O11/c1-69-67-65(75-45-53-34-18-7-19-35-53)63(73-43-51-30-14-5-15-31-51)62(72-42-50-28-12-4-13-29-50)59(77-67)47-76-68-66(79-60-56-38-22-20-36-54(56)55-37-21-23-39-57(55)60)64(74-44-52-32-16-6-17-33-52)61(71-41-49-26-10-3-11-27-49)58(78-68)46-70-40-48-24-8-2-9-25-48/h2-39,58-68H,40-47H2,1H3/t58-,59-,61-,62-,63+,64+,65-,66-,67+,68+/m1/s1. The first-order valence-corrected chi connectivity index (χ1v) is 27.3. The molecule has 11 heteroatoms. The molecule has 0 spiro atoms. The predicted octanol–water partition coefficient (Wildman–Crippen LogP) is 12.4. The van der Waals surface area contributed by atoms with E-state index >= 15 is 0 Å². The van der Waals surface area contributed by atoms with Crippen LogP contribution in [0.2, 0.25) is 0 Å². The van der Waals surface area contributed by atoms with Crippen molar-refractivity contribution in [1.29, 1.82) is 0 Å². The molecule has 11 nitrogen and oxygen atoms in total. The van der Waals surface area contributed by atoms with Crippen LogP contribution in [0.1, 0.15) is 50.6 Å². The number of hydrogen-bond acceptors (Lipinski definition) is 11. The van der Waals surface area contributed by atoms with Crippen molar-refractivity contribution in [2.75, 3.05) is 20.3 Å². The lowest BCUT2D eigenvalue weighted by molar-refractivity contribution is -0.352. The molecule has 0 saturated carbocycles. The molecule has 3 aliphatic rings. The lowest BCUT2D eigenvalue weighted by Crippen LogP contribution is -2.64. The molecule has 0 amide bonds. The van der Waals surface area contributed by atoms with Gasteiger partial charge in [0, 0.05) is 7.11 Å². The van der Waals surface area contributed by atoms with E-state index < -0.39 is 67.5 Å². The molecule has 79 heavy (non-hydrogen) atoms. The first kappa shape index (κ1) is 54.3. The molecule has 2 saturated heterocycles. The van der Waals surface area contributed by atoms with Gasteiger partial charge < -0.3 is 52.1 Å². The molecule has 0 aromatic heterocycles. The Morgan fingerprint density at radius 3 is 1.05 bits per heavy atom. The van der Waals surface area contributed by atoms with Gasteiger partial charge >= 0.3 is 0 Å². The molecule has 0 bridgehead atoms. The summed E-state index contributed by atoms with van der Waals surface area (Å²) in [6.07, 6.45) is -8.36. The maximum Gasteiger partial charge on any atom is 0.187 e. The Kier molecular flexibility index (Phi) is 18.9. The Balaban J connectivity index is 0.968. The van der Waals surface area contributed by atoms with E-state index in [1.807, 2.05) is 158 Å². The monoisotopic (exact) mass is 1060 g/mol. The largest absolute Gasteiger partial charge is 0.374 e. The Labute approximate surface area is 463 Å².